The molecule has 154 valence electrons. The van der Waals surface area contributed by atoms with Gasteiger partial charge in [-0.05, 0) is 60.4 Å². The number of rotatable bonds is 6. The SMILES string of the molecule is COc1ccc([C@@H](Sc2ccc(Cl)cc2)[C@@H]2CCc3ccccc3C2=O)cc1OC. The van der Waals surface area contributed by atoms with Crippen LogP contribution in [0.25, 0.3) is 0 Å². The van der Waals surface area contributed by atoms with Crippen LogP contribution in [0.2, 0.25) is 5.02 Å². The van der Waals surface area contributed by atoms with Crippen molar-refractivity contribution in [2.24, 2.45) is 5.92 Å². The maximum atomic E-state index is 13.5. The fourth-order valence-corrected chi connectivity index (χ4v) is 5.40. The van der Waals surface area contributed by atoms with Crippen molar-refractivity contribution < 1.29 is 14.3 Å². The summed E-state index contributed by atoms with van der Waals surface area (Å²) in [6, 6.07) is 21.6. The number of ether oxygens (including phenoxy) is 2. The van der Waals surface area contributed by atoms with Crippen LogP contribution in [0, 0.1) is 5.92 Å². The standard InChI is InChI=1S/C25H23ClO3S/c1-28-22-14-8-17(15-23(22)29-2)25(30-19-11-9-18(26)10-12-19)21-13-7-16-5-3-4-6-20(16)24(21)27/h3-6,8-12,14-15,21,25H,7,13H2,1-2H3/t21-,25-/m1/s1. The predicted octanol–water partition coefficient (Wildman–Crippen LogP) is 6.64. The topological polar surface area (TPSA) is 35.5 Å². The molecule has 0 fully saturated rings. The number of thioether (sulfide) groups is 1. The Morgan fingerprint density at radius 1 is 0.967 bits per heavy atom. The summed E-state index contributed by atoms with van der Waals surface area (Å²) in [6.45, 7) is 0. The van der Waals surface area contributed by atoms with Crippen LogP contribution in [-0.4, -0.2) is 20.0 Å². The first kappa shape index (κ1) is 20.8. The second kappa shape index (κ2) is 9.15. The van der Waals surface area contributed by atoms with Gasteiger partial charge in [-0.15, -0.1) is 11.8 Å². The molecule has 0 unspecified atom stereocenters. The molecule has 4 rings (SSSR count). The van der Waals surface area contributed by atoms with Crippen molar-refractivity contribution >= 4 is 29.1 Å². The number of ketones is 1. The normalized spacial score (nSPS) is 16.6. The van der Waals surface area contributed by atoms with E-state index in [1.54, 1.807) is 26.0 Å². The number of benzene rings is 3. The lowest BCUT2D eigenvalue weighted by Crippen LogP contribution is -2.27. The highest BCUT2D eigenvalue weighted by Gasteiger charge is 2.35. The number of methoxy groups -OCH3 is 2. The molecular formula is C25H23ClO3S. The summed E-state index contributed by atoms with van der Waals surface area (Å²) in [4.78, 5) is 14.5. The van der Waals surface area contributed by atoms with E-state index in [1.165, 1.54) is 0 Å². The van der Waals surface area contributed by atoms with Crippen LogP contribution in [0.3, 0.4) is 0 Å². The summed E-state index contributed by atoms with van der Waals surface area (Å²) in [5.41, 5.74) is 3.03. The number of carbonyl (C=O) groups is 1. The summed E-state index contributed by atoms with van der Waals surface area (Å²) < 4.78 is 10.9. The summed E-state index contributed by atoms with van der Waals surface area (Å²) >= 11 is 7.76. The predicted molar refractivity (Wildman–Crippen MR) is 122 cm³/mol. The maximum absolute atomic E-state index is 13.5. The number of carbonyl (C=O) groups excluding carboxylic acids is 1. The fraction of sp³-hybridized carbons (Fsp3) is 0.240. The minimum atomic E-state index is -0.126. The maximum Gasteiger partial charge on any atom is 0.167 e. The molecule has 1 aliphatic carbocycles. The van der Waals surface area contributed by atoms with Crippen LogP contribution in [0.15, 0.2) is 71.6 Å². The van der Waals surface area contributed by atoms with E-state index < -0.39 is 0 Å². The molecule has 0 N–H and O–H groups in total. The smallest absolute Gasteiger partial charge is 0.167 e. The van der Waals surface area contributed by atoms with E-state index >= 15 is 0 Å². The molecular weight excluding hydrogens is 416 g/mol. The Hall–Kier alpha value is -2.43. The van der Waals surface area contributed by atoms with E-state index in [9.17, 15) is 4.79 Å². The van der Waals surface area contributed by atoms with Gasteiger partial charge in [-0.3, -0.25) is 4.79 Å². The van der Waals surface area contributed by atoms with Crippen LogP contribution in [-0.2, 0) is 6.42 Å². The molecule has 2 atom stereocenters. The van der Waals surface area contributed by atoms with Gasteiger partial charge in [0, 0.05) is 26.6 Å². The zero-order valence-electron chi connectivity index (χ0n) is 16.9. The molecule has 3 nitrogen and oxygen atoms in total. The molecule has 0 saturated heterocycles. The Balaban J connectivity index is 1.74. The van der Waals surface area contributed by atoms with Crippen LogP contribution in [0.4, 0.5) is 0 Å². The highest BCUT2D eigenvalue weighted by atomic mass is 35.5. The summed E-state index contributed by atoms with van der Waals surface area (Å²) in [6.07, 6.45) is 1.72. The number of hydrogen-bond acceptors (Lipinski definition) is 4. The fourth-order valence-electron chi connectivity index (χ4n) is 3.98. The number of hydrogen-bond donors (Lipinski definition) is 0. The van der Waals surface area contributed by atoms with Crippen LogP contribution in [0.1, 0.15) is 33.2 Å². The average molecular weight is 439 g/mol. The largest absolute Gasteiger partial charge is 0.493 e. The van der Waals surface area contributed by atoms with Gasteiger partial charge in [0.15, 0.2) is 17.3 Å². The van der Waals surface area contributed by atoms with Crippen molar-refractivity contribution in [2.45, 2.75) is 23.0 Å². The average Bonchev–Trinajstić information content (AvgIpc) is 2.79. The van der Waals surface area contributed by atoms with Gasteiger partial charge in [-0.2, -0.15) is 0 Å². The van der Waals surface area contributed by atoms with E-state index in [-0.39, 0.29) is 17.0 Å². The third-order valence-electron chi connectivity index (χ3n) is 5.52. The zero-order valence-corrected chi connectivity index (χ0v) is 18.5. The monoisotopic (exact) mass is 438 g/mol. The van der Waals surface area contributed by atoms with Crippen molar-refractivity contribution in [3.05, 3.63) is 88.4 Å². The van der Waals surface area contributed by atoms with Crippen molar-refractivity contribution in [3.8, 4) is 11.5 Å². The second-order valence-electron chi connectivity index (χ2n) is 7.27. The van der Waals surface area contributed by atoms with Crippen LogP contribution >= 0.6 is 23.4 Å². The summed E-state index contributed by atoms with van der Waals surface area (Å²) in [7, 11) is 3.25. The molecule has 0 amide bonds. The lowest BCUT2D eigenvalue weighted by molar-refractivity contribution is 0.0899. The number of Topliss-reactive ketones (excluding diaryl/α,β-unsaturated/α-hetero) is 1. The van der Waals surface area contributed by atoms with Gasteiger partial charge in [0.1, 0.15) is 0 Å². The van der Waals surface area contributed by atoms with E-state index in [2.05, 4.69) is 6.07 Å². The van der Waals surface area contributed by atoms with Crippen molar-refractivity contribution in [3.63, 3.8) is 0 Å². The molecule has 0 heterocycles. The van der Waals surface area contributed by atoms with E-state index in [1.807, 2.05) is 60.7 Å². The van der Waals surface area contributed by atoms with Crippen molar-refractivity contribution in [2.75, 3.05) is 14.2 Å². The number of halogens is 1. The molecule has 1 aliphatic rings. The van der Waals surface area contributed by atoms with E-state index in [0.29, 0.717) is 16.5 Å². The first-order valence-electron chi connectivity index (χ1n) is 9.87. The molecule has 30 heavy (non-hydrogen) atoms. The lowest BCUT2D eigenvalue weighted by Gasteiger charge is -2.30. The molecule has 0 saturated carbocycles. The Morgan fingerprint density at radius 2 is 1.70 bits per heavy atom. The van der Waals surface area contributed by atoms with Crippen LogP contribution < -0.4 is 9.47 Å². The van der Waals surface area contributed by atoms with Gasteiger partial charge >= 0.3 is 0 Å². The Kier molecular flexibility index (Phi) is 6.35. The highest BCUT2D eigenvalue weighted by molar-refractivity contribution is 7.99. The third kappa shape index (κ3) is 4.21. The molecule has 0 aliphatic heterocycles. The van der Waals surface area contributed by atoms with Gasteiger partial charge in [0.25, 0.3) is 0 Å². The molecule has 3 aromatic rings. The molecule has 3 aromatic carbocycles. The molecule has 0 bridgehead atoms. The lowest BCUT2D eigenvalue weighted by atomic mass is 9.79. The number of fused-ring (bicyclic) bond motifs is 1. The quantitative estimate of drug-likeness (QED) is 0.404. The van der Waals surface area contributed by atoms with Crippen LogP contribution in [0.5, 0.6) is 11.5 Å². The molecule has 0 aromatic heterocycles. The third-order valence-corrected chi connectivity index (χ3v) is 7.17. The zero-order chi connectivity index (χ0) is 21.1. The van der Waals surface area contributed by atoms with Gasteiger partial charge in [0.05, 0.1) is 14.2 Å². The van der Waals surface area contributed by atoms with Crippen molar-refractivity contribution in [1.82, 2.24) is 0 Å². The second-order valence-corrected chi connectivity index (χ2v) is 8.92. The minimum Gasteiger partial charge on any atom is -0.493 e. The Morgan fingerprint density at radius 3 is 2.43 bits per heavy atom. The number of aryl methyl sites for hydroxylation is 1. The first-order valence-corrected chi connectivity index (χ1v) is 11.1. The summed E-state index contributed by atoms with van der Waals surface area (Å²) in [5.74, 6) is 1.42. The first-order chi connectivity index (χ1) is 14.6. The van der Waals surface area contributed by atoms with E-state index in [0.717, 1.165) is 34.4 Å². The van der Waals surface area contributed by atoms with Gasteiger partial charge in [0.2, 0.25) is 0 Å². The molecule has 0 radical (unpaired) electrons. The Bertz CT molecular complexity index is 1050. The highest BCUT2D eigenvalue weighted by Crippen LogP contribution is 2.47. The Labute approximate surface area is 186 Å². The van der Waals surface area contributed by atoms with Gasteiger partial charge < -0.3 is 9.47 Å². The van der Waals surface area contributed by atoms with E-state index in [4.69, 9.17) is 21.1 Å². The van der Waals surface area contributed by atoms with Gasteiger partial charge in [-0.1, -0.05) is 41.9 Å². The minimum absolute atomic E-state index is 0.0492. The molecule has 5 heteroatoms. The van der Waals surface area contributed by atoms with Gasteiger partial charge in [-0.25, -0.2) is 0 Å². The summed E-state index contributed by atoms with van der Waals surface area (Å²) in [5, 5.41) is 0.650. The molecule has 0 spiro atoms. The van der Waals surface area contributed by atoms with Crippen molar-refractivity contribution in [1.29, 1.82) is 0 Å².